The van der Waals surface area contributed by atoms with Gasteiger partial charge in [0.25, 0.3) is 0 Å². The lowest BCUT2D eigenvalue weighted by atomic mass is 9.93. The number of rotatable bonds is 3. The second kappa shape index (κ2) is 5.93. The van der Waals surface area contributed by atoms with Crippen molar-refractivity contribution in [3.63, 3.8) is 0 Å². The highest BCUT2D eigenvalue weighted by Gasteiger charge is 2.37. The van der Waals surface area contributed by atoms with Gasteiger partial charge in [-0.05, 0) is 40.9 Å². The van der Waals surface area contributed by atoms with Crippen molar-refractivity contribution in [2.45, 2.75) is 25.0 Å². The lowest BCUT2D eigenvalue weighted by Crippen LogP contribution is -2.45. The summed E-state index contributed by atoms with van der Waals surface area (Å²) in [6, 6.07) is 10.4. The van der Waals surface area contributed by atoms with Gasteiger partial charge in [-0.1, -0.05) is 30.3 Å². The Morgan fingerprint density at radius 2 is 2.15 bits per heavy atom. The standard InChI is InChI=1S/C15H17BrN2OS/c16-13-10-20-14(17-13)15(19)7-4-8-18(11-15)9-12-5-2-1-3-6-12/h1-3,5-6,10,19H,4,7-9,11H2. The van der Waals surface area contributed by atoms with Gasteiger partial charge in [0.1, 0.15) is 15.2 Å². The van der Waals surface area contributed by atoms with Crippen LogP contribution in [0, 0.1) is 0 Å². The van der Waals surface area contributed by atoms with Crippen LogP contribution in [0.1, 0.15) is 23.4 Å². The third-order valence-corrected chi connectivity index (χ3v) is 5.42. The summed E-state index contributed by atoms with van der Waals surface area (Å²) in [4.78, 5) is 6.72. The lowest BCUT2D eigenvalue weighted by Gasteiger charge is -2.38. The van der Waals surface area contributed by atoms with Gasteiger partial charge in [-0.2, -0.15) is 0 Å². The molecule has 1 atom stereocenters. The molecule has 2 aromatic rings. The highest BCUT2D eigenvalue weighted by atomic mass is 79.9. The fourth-order valence-corrected chi connectivity index (χ4v) is 4.12. The number of aliphatic hydroxyl groups is 1. The van der Waals surface area contributed by atoms with Crippen molar-refractivity contribution in [1.82, 2.24) is 9.88 Å². The van der Waals surface area contributed by atoms with E-state index in [1.165, 1.54) is 16.9 Å². The molecule has 1 aliphatic rings. The Labute approximate surface area is 131 Å². The van der Waals surface area contributed by atoms with Crippen LogP contribution < -0.4 is 0 Å². The fourth-order valence-electron chi connectivity index (χ4n) is 2.74. The summed E-state index contributed by atoms with van der Waals surface area (Å²) in [7, 11) is 0. The Bertz CT molecular complexity index is 574. The number of thiazole rings is 1. The van der Waals surface area contributed by atoms with Crippen molar-refractivity contribution in [3.05, 3.63) is 50.9 Å². The quantitative estimate of drug-likeness (QED) is 0.919. The van der Waals surface area contributed by atoms with Crippen molar-refractivity contribution < 1.29 is 5.11 Å². The molecule has 1 N–H and O–H groups in total. The van der Waals surface area contributed by atoms with E-state index in [1.807, 2.05) is 11.4 Å². The Kier molecular flexibility index (Phi) is 4.21. The molecule has 0 bridgehead atoms. The number of β-amino-alcohol motifs (C(OH)–C–C–N with tert-alkyl or cyclic N) is 1. The summed E-state index contributed by atoms with van der Waals surface area (Å²) in [6.45, 7) is 2.57. The van der Waals surface area contributed by atoms with E-state index in [-0.39, 0.29) is 0 Å². The first-order valence-corrected chi connectivity index (χ1v) is 8.43. The van der Waals surface area contributed by atoms with Gasteiger partial charge in [0.15, 0.2) is 0 Å². The van der Waals surface area contributed by atoms with Crippen LogP contribution in [0.15, 0.2) is 40.3 Å². The molecule has 5 heteroatoms. The monoisotopic (exact) mass is 352 g/mol. The second-order valence-electron chi connectivity index (χ2n) is 5.31. The van der Waals surface area contributed by atoms with E-state index in [0.29, 0.717) is 6.54 Å². The molecule has 0 amide bonds. The maximum Gasteiger partial charge on any atom is 0.129 e. The molecule has 20 heavy (non-hydrogen) atoms. The number of halogens is 1. The Balaban J connectivity index is 1.73. The highest BCUT2D eigenvalue weighted by Crippen LogP contribution is 2.34. The van der Waals surface area contributed by atoms with Gasteiger partial charge in [0.2, 0.25) is 0 Å². The van der Waals surface area contributed by atoms with Crippen LogP contribution in [-0.2, 0) is 12.1 Å². The molecule has 0 spiro atoms. The molecule has 2 heterocycles. The smallest absolute Gasteiger partial charge is 0.129 e. The van der Waals surface area contributed by atoms with Crippen LogP contribution in [0.4, 0.5) is 0 Å². The first-order valence-electron chi connectivity index (χ1n) is 6.76. The van der Waals surface area contributed by atoms with Crippen molar-refractivity contribution in [2.24, 2.45) is 0 Å². The fraction of sp³-hybridized carbons (Fsp3) is 0.400. The van der Waals surface area contributed by atoms with Crippen LogP contribution in [0.3, 0.4) is 0 Å². The maximum absolute atomic E-state index is 10.9. The van der Waals surface area contributed by atoms with Crippen LogP contribution >= 0.6 is 27.3 Å². The number of hydrogen-bond acceptors (Lipinski definition) is 4. The van der Waals surface area contributed by atoms with Crippen molar-refractivity contribution in [1.29, 1.82) is 0 Å². The summed E-state index contributed by atoms with van der Waals surface area (Å²) >= 11 is 4.90. The Morgan fingerprint density at radius 3 is 2.85 bits per heavy atom. The van der Waals surface area contributed by atoms with E-state index >= 15 is 0 Å². The lowest BCUT2D eigenvalue weighted by molar-refractivity contribution is -0.0383. The average Bonchev–Trinajstić information content (AvgIpc) is 2.88. The number of piperidine rings is 1. The zero-order chi connectivity index (χ0) is 14.0. The largest absolute Gasteiger partial charge is 0.381 e. The summed E-state index contributed by atoms with van der Waals surface area (Å²) in [5.74, 6) is 0. The van der Waals surface area contributed by atoms with Crippen molar-refractivity contribution >= 4 is 27.3 Å². The molecule has 1 saturated heterocycles. The number of nitrogens with zero attached hydrogens (tertiary/aromatic N) is 2. The molecule has 1 aliphatic heterocycles. The van der Waals surface area contributed by atoms with Gasteiger partial charge in [-0.3, -0.25) is 4.90 Å². The van der Waals surface area contributed by atoms with E-state index in [0.717, 1.165) is 35.5 Å². The summed E-state index contributed by atoms with van der Waals surface area (Å²) in [5.41, 5.74) is 0.487. The second-order valence-corrected chi connectivity index (χ2v) is 6.98. The molecule has 1 aromatic heterocycles. The molecule has 0 saturated carbocycles. The molecule has 1 unspecified atom stereocenters. The van der Waals surface area contributed by atoms with Gasteiger partial charge in [-0.15, -0.1) is 11.3 Å². The Morgan fingerprint density at radius 1 is 1.35 bits per heavy atom. The van der Waals surface area contributed by atoms with Gasteiger partial charge in [0, 0.05) is 18.5 Å². The number of benzene rings is 1. The molecule has 3 rings (SSSR count). The van der Waals surface area contributed by atoms with E-state index in [9.17, 15) is 5.11 Å². The summed E-state index contributed by atoms with van der Waals surface area (Å²) in [6.07, 6.45) is 1.79. The Hall–Kier alpha value is -0.750. The first kappa shape index (κ1) is 14.2. The third-order valence-electron chi connectivity index (χ3n) is 3.67. The minimum absolute atomic E-state index is 0.655. The van der Waals surface area contributed by atoms with Crippen molar-refractivity contribution in [3.8, 4) is 0 Å². The molecule has 3 nitrogen and oxygen atoms in total. The van der Waals surface area contributed by atoms with Gasteiger partial charge < -0.3 is 5.11 Å². The number of aromatic nitrogens is 1. The van der Waals surface area contributed by atoms with Gasteiger partial charge in [-0.25, -0.2) is 4.98 Å². The average molecular weight is 353 g/mol. The molecule has 0 radical (unpaired) electrons. The van der Waals surface area contributed by atoms with Crippen molar-refractivity contribution in [2.75, 3.05) is 13.1 Å². The highest BCUT2D eigenvalue weighted by molar-refractivity contribution is 9.10. The zero-order valence-electron chi connectivity index (χ0n) is 11.1. The molecule has 1 fully saturated rings. The predicted octanol–water partition coefficient (Wildman–Crippen LogP) is 3.39. The first-order chi connectivity index (χ1) is 9.66. The van der Waals surface area contributed by atoms with E-state index < -0.39 is 5.60 Å². The van der Waals surface area contributed by atoms with Crippen LogP contribution in [-0.4, -0.2) is 28.1 Å². The molecule has 106 valence electrons. The topological polar surface area (TPSA) is 36.4 Å². The molecular weight excluding hydrogens is 336 g/mol. The predicted molar refractivity (Wildman–Crippen MR) is 84.7 cm³/mol. The van der Waals surface area contributed by atoms with Gasteiger partial charge >= 0.3 is 0 Å². The molecular formula is C15H17BrN2OS. The number of likely N-dealkylation sites (tertiary alicyclic amines) is 1. The third kappa shape index (κ3) is 3.11. The normalized spacial score (nSPS) is 23.9. The van der Waals surface area contributed by atoms with E-state index in [1.54, 1.807) is 0 Å². The van der Waals surface area contributed by atoms with Crippen LogP contribution in [0.2, 0.25) is 0 Å². The molecule has 0 aliphatic carbocycles. The zero-order valence-corrected chi connectivity index (χ0v) is 13.5. The minimum atomic E-state index is -0.802. The summed E-state index contributed by atoms with van der Waals surface area (Å²) < 4.78 is 0.811. The van der Waals surface area contributed by atoms with E-state index in [4.69, 9.17) is 0 Å². The van der Waals surface area contributed by atoms with Gasteiger partial charge in [0.05, 0.1) is 0 Å². The SMILES string of the molecule is OC1(c2nc(Br)cs2)CCCN(Cc2ccccc2)C1. The van der Waals surface area contributed by atoms with Crippen LogP contribution in [0.25, 0.3) is 0 Å². The molecule has 1 aromatic carbocycles. The van der Waals surface area contributed by atoms with Crippen LogP contribution in [0.5, 0.6) is 0 Å². The van der Waals surface area contributed by atoms with E-state index in [2.05, 4.69) is 50.1 Å². The maximum atomic E-state index is 10.9. The number of hydrogen-bond donors (Lipinski definition) is 1. The summed E-state index contributed by atoms with van der Waals surface area (Å²) in [5, 5.41) is 13.6. The minimum Gasteiger partial charge on any atom is -0.381 e.